The third kappa shape index (κ3) is 3.68. The van der Waals surface area contributed by atoms with Gasteiger partial charge in [0.25, 0.3) is 5.91 Å². The second-order valence-electron chi connectivity index (χ2n) is 7.16. The number of piperidine rings is 1. The lowest BCUT2D eigenvalue weighted by Crippen LogP contribution is -2.44. The topological polar surface area (TPSA) is 85.2 Å². The number of rotatable bonds is 3. The summed E-state index contributed by atoms with van der Waals surface area (Å²) in [5, 5.41) is 4.03. The van der Waals surface area contributed by atoms with Crippen LogP contribution in [0.15, 0.2) is 22.7 Å². The Morgan fingerprint density at radius 1 is 1.26 bits per heavy atom. The molecule has 1 aliphatic carbocycles. The molecule has 0 spiro atoms. The highest BCUT2D eigenvalue weighted by molar-refractivity contribution is 5.94. The Bertz CT molecular complexity index is 833. The molecule has 2 N–H and O–H groups in total. The quantitative estimate of drug-likeness (QED) is 0.858. The van der Waals surface area contributed by atoms with Crippen molar-refractivity contribution in [3.05, 3.63) is 47.1 Å². The molecule has 1 aliphatic heterocycles. The van der Waals surface area contributed by atoms with Gasteiger partial charge in [-0.1, -0.05) is 5.16 Å². The summed E-state index contributed by atoms with van der Waals surface area (Å²) < 4.78 is 32.2. The Kier molecular flexibility index (Phi) is 5.48. The summed E-state index contributed by atoms with van der Waals surface area (Å²) >= 11 is 0. The van der Waals surface area contributed by atoms with Crippen molar-refractivity contribution in [2.45, 2.75) is 43.6 Å². The molecule has 2 aromatic rings. The lowest BCUT2D eigenvalue weighted by atomic mass is 9.77. The second-order valence-corrected chi connectivity index (χ2v) is 7.16. The van der Waals surface area contributed by atoms with Gasteiger partial charge < -0.3 is 15.2 Å². The number of benzene rings is 1. The lowest BCUT2D eigenvalue weighted by molar-refractivity contribution is 0.0699. The largest absolute Gasteiger partial charge is 0.339 e. The van der Waals surface area contributed by atoms with E-state index >= 15 is 0 Å². The maximum Gasteiger partial charge on any atom is 0.256 e. The average molecular weight is 399 g/mol. The van der Waals surface area contributed by atoms with Gasteiger partial charge in [0.05, 0.1) is 11.1 Å². The minimum absolute atomic E-state index is 0. The van der Waals surface area contributed by atoms with Gasteiger partial charge in [-0.05, 0) is 44.2 Å². The fraction of sp³-hybridized carbons (Fsp3) is 0.500. The van der Waals surface area contributed by atoms with E-state index in [0.717, 1.165) is 31.4 Å². The first-order chi connectivity index (χ1) is 12.5. The molecule has 2 fully saturated rings. The first kappa shape index (κ1) is 19.7. The predicted molar refractivity (Wildman–Crippen MR) is 95.5 cm³/mol. The SMILES string of the molecule is Cl.NC1(c2noc(C3CCN(C(=O)c4ccc(F)cc4F)CC3)n2)CCC1. The van der Waals surface area contributed by atoms with Gasteiger partial charge in [0.1, 0.15) is 11.6 Å². The van der Waals surface area contributed by atoms with Crippen LogP contribution in [0.4, 0.5) is 8.78 Å². The van der Waals surface area contributed by atoms with Crippen molar-refractivity contribution < 1.29 is 18.1 Å². The number of likely N-dealkylation sites (tertiary alicyclic amines) is 1. The minimum atomic E-state index is -0.840. The molecular weight excluding hydrogens is 378 g/mol. The number of carbonyl (C=O) groups excluding carboxylic acids is 1. The molecule has 4 rings (SSSR count). The summed E-state index contributed by atoms with van der Waals surface area (Å²) in [6, 6.07) is 3.00. The van der Waals surface area contributed by atoms with E-state index in [9.17, 15) is 13.6 Å². The summed E-state index contributed by atoms with van der Waals surface area (Å²) in [4.78, 5) is 18.5. The van der Waals surface area contributed by atoms with Gasteiger partial charge in [-0.15, -0.1) is 12.4 Å². The van der Waals surface area contributed by atoms with Crippen LogP contribution in [0.5, 0.6) is 0 Å². The highest BCUT2D eigenvalue weighted by Crippen LogP contribution is 2.38. The van der Waals surface area contributed by atoms with E-state index in [-0.39, 0.29) is 23.9 Å². The average Bonchev–Trinajstić information content (AvgIpc) is 3.10. The zero-order valence-corrected chi connectivity index (χ0v) is 15.5. The zero-order valence-electron chi connectivity index (χ0n) is 14.7. The number of amides is 1. The van der Waals surface area contributed by atoms with Crippen LogP contribution in [0.25, 0.3) is 0 Å². The summed E-state index contributed by atoms with van der Waals surface area (Å²) in [7, 11) is 0. The third-order valence-electron chi connectivity index (χ3n) is 5.43. The minimum Gasteiger partial charge on any atom is -0.339 e. The normalized spacial score (nSPS) is 19.3. The first-order valence-electron chi connectivity index (χ1n) is 8.83. The number of halogens is 3. The molecule has 1 saturated carbocycles. The van der Waals surface area contributed by atoms with Gasteiger partial charge >= 0.3 is 0 Å². The Morgan fingerprint density at radius 3 is 2.56 bits per heavy atom. The monoisotopic (exact) mass is 398 g/mol. The number of aromatic nitrogens is 2. The van der Waals surface area contributed by atoms with Gasteiger partial charge in [-0.3, -0.25) is 4.79 Å². The number of nitrogens with two attached hydrogens (primary N) is 1. The Balaban J connectivity index is 0.00000210. The second kappa shape index (κ2) is 7.52. The van der Waals surface area contributed by atoms with Gasteiger partial charge in [0.15, 0.2) is 5.82 Å². The van der Waals surface area contributed by atoms with Crippen LogP contribution in [-0.4, -0.2) is 34.0 Å². The molecule has 146 valence electrons. The molecule has 1 saturated heterocycles. The first-order valence-corrected chi connectivity index (χ1v) is 8.83. The lowest BCUT2D eigenvalue weighted by Gasteiger charge is -2.34. The summed E-state index contributed by atoms with van der Waals surface area (Å²) in [5.74, 6) is -0.798. The number of hydrogen-bond donors (Lipinski definition) is 1. The molecule has 9 heteroatoms. The van der Waals surface area contributed by atoms with Crippen LogP contribution in [0.3, 0.4) is 0 Å². The fourth-order valence-corrected chi connectivity index (χ4v) is 3.55. The molecule has 6 nitrogen and oxygen atoms in total. The summed E-state index contributed by atoms with van der Waals surface area (Å²) in [6.07, 6.45) is 4.09. The molecule has 27 heavy (non-hydrogen) atoms. The van der Waals surface area contributed by atoms with E-state index in [2.05, 4.69) is 10.1 Å². The van der Waals surface area contributed by atoms with Crippen LogP contribution in [0.1, 0.15) is 60.1 Å². The van der Waals surface area contributed by atoms with Crippen molar-refractivity contribution in [3.63, 3.8) is 0 Å². The summed E-state index contributed by atoms with van der Waals surface area (Å²) in [6.45, 7) is 0.900. The van der Waals surface area contributed by atoms with Crippen molar-refractivity contribution >= 4 is 18.3 Å². The Morgan fingerprint density at radius 2 is 1.96 bits per heavy atom. The van der Waals surface area contributed by atoms with Crippen molar-refractivity contribution in [2.24, 2.45) is 5.73 Å². The van der Waals surface area contributed by atoms with Crippen molar-refractivity contribution in [2.75, 3.05) is 13.1 Å². The zero-order chi connectivity index (χ0) is 18.3. The summed E-state index contributed by atoms with van der Waals surface area (Å²) in [5.41, 5.74) is 5.65. The Labute approximate surface area is 161 Å². The molecule has 0 bridgehead atoms. The maximum absolute atomic E-state index is 13.8. The van der Waals surface area contributed by atoms with E-state index in [4.69, 9.17) is 10.3 Å². The molecule has 0 unspecified atom stereocenters. The van der Waals surface area contributed by atoms with Crippen LogP contribution in [0.2, 0.25) is 0 Å². The highest BCUT2D eigenvalue weighted by Gasteiger charge is 2.40. The van der Waals surface area contributed by atoms with Crippen LogP contribution >= 0.6 is 12.4 Å². The smallest absolute Gasteiger partial charge is 0.256 e. The number of hydrogen-bond acceptors (Lipinski definition) is 5. The van der Waals surface area contributed by atoms with Gasteiger partial charge in [-0.25, -0.2) is 8.78 Å². The molecule has 0 atom stereocenters. The highest BCUT2D eigenvalue weighted by atomic mass is 35.5. The molecule has 0 radical (unpaired) electrons. The molecule has 1 aromatic heterocycles. The fourth-order valence-electron chi connectivity index (χ4n) is 3.55. The predicted octanol–water partition coefficient (Wildman–Crippen LogP) is 3.13. The standard InChI is InChI=1S/C18H20F2N4O2.ClH/c19-12-2-3-13(14(20)10-12)16(25)24-8-4-11(5-9-24)15-22-17(23-26-15)18(21)6-1-7-18;/h2-3,10-11H,1,4-9,21H2;1H. The van der Waals surface area contributed by atoms with E-state index in [1.165, 1.54) is 6.07 Å². The molecular formula is C18H21ClF2N4O2. The maximum atomic E-state index is 13.8. The van der Waals surface area contributed by atoms with Crippen LogP contribution < -0.4 is 5.73 Å². The molecule has 2 aliphatic rings. The van der Waals surface area contributed by atoms with Crippen molar-refractivity contribution in [1.29, 1.82) is 0 Å². The van der Waals surface area contributed by atoms with Crippen LogP contribution in [-0.2, 0) is 5.54 Å². The van der Waals surface area contributed by atoms with E-state index < -0.39 is 23.1 Å². The van der Waals surface area contributed by atoms with E-state index in [1.54, 1.807) is 4.90 Å². The van der Waals surface area contributed by atoms with Crippen molar-refractivity contribution in [1.82, 2.24) is 15.0 Å². The van der Waals surface area contributed by atoms with E-state index in [1.807, 2.05) is 0 Å². The third-order valence-corrected chi connectivity index (χ3v) is 5.43. The van der Waals surface area contributed by atoms with Gasteiger partial charge in [0.2, 0.25) is 5.89 Å². The van der Waals surface area contributed by atoms with Crippen LogP contribution in [0, 0.1) is 11.6 Å². The molecule has 1 amide bonds. The Hall–Kier alpha value is -2.06. The van der Waals surface area contributed by atoms with Crippen molar-refractivity contribution in [3.8, 4) is 0 Å². The van der Waals surface area contributed by atoms with Gasteiger partial charge in [-0.2, -0.15) is 4.98 Å². The van der Waals surface area contributed by atoms with E-state index in [0.29, 0.717) is 37.6 Å². The molecule has 2 heterocycles. The molecule has 1 aromatic carbocycles. The van der Waals surface area contributed by atoms with Gasteiger partial charge in [0, 0.05) is 25.1 Å². The number of carbonyl (C=O) groups is 1. The number of nitrogens with zero attached hydrogens (tertiary/aromatic N) is 3.